The molecule has 170 valence electrons. The van der Waals surface area contributed by atoms with Gasteiger partial charge in [0.25, 0.3) is 0 Å². The van der Waals surface area contributed by atoms with Crippen molar-refractivity contribution < 1.29 is 22.7 Å². The number of anilines is 1. The highest BCUT2D eigenvalue weighted by Gasteiger charge is 2.27. The number of benzene rings is 1. The van der Waals surface area contributed by atoms with Crippen LogP contribution < -0.4 is 10.1 Å². The number of methoxy groups -OCH3 is 1. The number of hydrogen-bond acceptors (Lipinski definition) is 9. The van der Waals surface area contributed by atoms with E-state index >= 15 is 0 Å². The van der Waals surface area contributed by atoms with Crippen molar-refractivity contribution in [2.45, 2.75) is 41.2 Å². The Morgan fingerprint density at radius 3 is 2.74 bits per heavy atom. The fraction of sp³-hybridized carbons (Fsp3) is 0.526. The normalized spacial score (nSPS) is 15.2. The van der Waals surface area contributed by atoms with Crippen LogP contribution >= 0.6 is 23.1 Å². The Morgan fingerprint density at radius 2 is 2.06 bits per heavy atom. The second-order valence-electron chi connectivity index (χ2n) is 7.08. The number of ether oxygens (including phenoxy) is 2. The first-order chi connectivity index (χ1) is 14.8. The molecular weight excluding hydrogens is 460 g/mol. The molecule has 1 aliphatic heterocycles. The van der Waals surface area contributed by atoms with E-state index in [1.165, 1.54) is 28.8 Å². The molecule has 2 aromatic rings. The first kappa shape index (κ1) is 23.9. The number of morpholine rings is 1. The van der Waals surface area contributed by atoms with E-state index < -0.39 is 10.0 Å². The molecule has 1 N–H and O–H groups in total. The van der Waals surface area contributed by atoms with Gasteiger partial charge in [0.15, 0.2) is 4.34 Å². The minimum atomic E-state index is -3.63. The van der Waals surface area contributed by atoms with Crippen molar-refractivity contribution in [1.82, 2.24) is 14.5 Å². The van der Waals surface area contributed by atoms with Crippen molar-refractivity contribution in [1.29, 1.82) is 0 Å². The van der Waals surface area contributed by atoms with E-state index in [0.29, 0.717) is 54.4 Å². The van der Waals surface area contributed by atoms with Crippen LogP contribution in [0.25, 0.3) is 0 Å². The molecule has 0 spiro atoms. The Hall–Kier alpha value is -1.73. The Balaban J connectivity index is 1.67. The van der Waals surface area contributed by atoms with Gasteiger partial charge in [-0.15, -0.1) is 10.2 Å². The van der Waals surface area contributed by atoms with E-state index in [1.807, 2.05) is 0 Å². The fourth-order valence-corrected chi connectivity index (χ4v) is 6.44. The van der Waals surface area contributed by atoms with Gasteiger partial charge in [-0.05, 0) is 30.2 Å². The summed E-state index contributed by atoms with van der Waals surface area (Å²) in [7, 11) is -2.11. The highest BCUT2D eigenvalue weighted by molar-refractivity contribution is 8.01. The Kier molecular flexibility index (Phi) is 8.28. The molecule has 0 bridgehead atoms. The molecule has 1 saturated heterocycles. The lowest BCUT2D eigenvalue weighted by Crippen LogP contribution is -2.40. The highest BCUT2D eigenvalue weighted by Crippen LogP contribution is 2.29. The summed E-state index contributed by atoms with van der Waals surface area (Å²) in [6, 6.07) is 4.74. The van der Waals surface area contributed by atoms with Crippen molar-refractivity contribution in [2.24, 2.45) is 0 Å². The molecule has 12 heteroatoms. The predicted octanol–water partition coefficient (Wildman–Crippen LogP) is 2.64. The van der Waals surface area contributed by atoms with Gasteiger partial charge in [0, 0.05) is 24.8 Å². The van der Waals surface area contributed by atoms with Gasteiger partial charge in [-0.3, -0.25) is 4.79 Å². The second-order valence-corrected chi connectivity index (χ2v) is 11.8. The summed E-state index contributed by atoms with van der Waals surface area (Å²) in [5, 5.41) is 11.6. The average Bonchev–Trinajstić information content (AvgIpc) is 3.18. The van der Waals surface area contributed by atoms with E-state index in [4.69, 9.17) is 9.47 Å². The molecular formula is C19H26N4O5S3. The number of carbonyl (C=O) groups is 1. The van der Waals surface area contributed by atoms with E-state index in [9.17, 15) is 13.2 Å². The van der Waals surface area contributed by atoms with Crippen LogP contribution in [0.3, 0.4) is 0 Å². The van der Waals surface area contributed by atoms with Crippen LogP contribution in [0.4, 0.5) is 5.13 Å². The number of aryl methyl sites for hydroxylation is 1. The zero-order chi connectivity index (χ0) is 22.4. The van der Waals surface area contributed by atoms with Gasteiger partial charge in [0.1, 0.15) is 5.75 Å². The fourth-order valence-electron chi connectivity index (χ4n) is 2.99. The van der Waals surface area contributed by atoms with E-state index in [-0.39, 0.29) is 17.2 Å². The van der Waals surface area contributed by atoms with E-state index in [1.54, 1.807) is 23.9 Å². The molecule has 3 rings (SSSR count). The van der Waals surface area contributed by atoms with Crippen LogP contribution in [0.1, 0.15) is 25.8 Å². The van der Waals surface area contributed by atoms with Crippen LogP contribution in [-0.4, -0.2) is 67.5 Å². The van der Waals surface area contributed by atoms with Crippen LogP contribution in [-0.2, 0) is 26.0 Å². The maximum Gasteiger partial charge on any atom is 0.243 e. The maximum atomic E-state index is 12.9. The number of rotatable bonds is 9. The Labute approximate surface area is 190 Å². The minimum Gasteiger partial charge on any atom is -0.496 e. The smallest absolute Gasteiger partial charge is 0.243 e. The third-order valence-corrected chi connectivity index (χ3v) is 8.29. The number of carbonyl (C=O) groups excluding carboxylic acids is 1. The SMILES string of the molecule is COc1ccc(S(=O)(=O)N2CCOCC2)cc1CCC(=O)Nc1nnc(SC(C)C)s1. The first-order valence-electron chi connectivity index (χ1n) is 9.84. The van der Waals surface area contributed by atoms with Crippen LogP contribution in [0.2, 0.25) is 0 Å². The van der Waals surface area contributed by atoms with Gasteiger partial charge < -0.3 is 14.8 Å². The number of thioether (sulfide) groups is 1. The summed E-state index contributed by atoms with van der Waals surface area (Å²) in [6.45, 7) is 5.53. The molecule has 0 atom stereocenters. The molecule has 0 radical (unpaired) electrons. The van der Waals surface area contributed by atoms with Gasteiger partial charge in [-0.1, -0.05) is 36.9 Å². The maximum absolute atomic E-state index is 12.9. The summed E-state index contributed by atoms with van der Waals surface area (Å²) in [6.07, 6.45) is 0.484. The lowest BCUT2D eigenvalue weighted by molar-refractivity contribution is -0.116. The summed E-state index contributed by atoms with van der Waals surface area (Å²) in [5.41, 5.74) is 0.653. The molecule has 1 aliphatic rings. The topological polar surface area (TPSA) is 111 Å². The van der Waals surface area contributed by atoms with Crippen molar-refractivity contribution in [3.05, 3.63) is 23.8 Å². The Bertz CT molecular complexity index is 1000. The summed E-state index contributed by atoms with van der Waals surface area (Å²) in [5.74, 6) is 0.320. The van der Waals surface area contributed by atoms with Crippen LogP contribution in [0, 0.1) is 0 Å². The number of aromatic nitrogens is 2. The molecule has 1 fully saturated rings. The minimum absolute atomic E-state index is 0.156. The quantitative estimate of drug-likeness (QED) is 0.425. The number of sulfonamides is 1. The van der Waals surface area contributed by atoms with Crippen molar-refractivity contribution >= 4 is 44.2 Å². The molecule has 0 aliphatic carbocycles. The van der Waals surface area contributed by atoms with Crippen molar-refractivity contribution in [2.75, 3.05) is 38.7 Å². The molecule has 0 saturated carbocycles. The standard InChI is InChI=1S/C19H26N4O5S3/c1-13(2)29-19-22-21-18(30-19)20-17(24)7-4-14-12-15(5-6-16(14)27-3)31(25,26)23-8-10-28-11-9-23/h5-6,12-13H,4,7-11H2,1-3H3,(H,20,21,24). The van der Waals surface area contributed by atoms with Crippen LogP contribution in [0.15, 0.2) is 27.4 Å². The summed E-state index contributed by atoms with van der Waals surface area (Å²) >= 11 is 2.91. The number of hydrogen-bond donors (Lipinski definition) is 1. The van der Waals surface area contributed by atoms with Crippen molar-refractivity contribution in [3.63, 3.8) is 0 Å². The predicted molar refractivity (Wildman–Crippen MR) is 120 cm³/mol. The molecule has 1 aromatic carbocycles. The molecule has 0 unspecified atom stereocenters. The third kappa shape index (κ3) is 6.39. The lowest BCUT2D eigenvalue weighted by Gasteiger charge is -2.26. The first-order valence-corrected chi connectivity index (χ1v) is 13.0. The third-order valence-electron chi connectivity index (χ3n) is 4.47. The number of amides is 1. The summed E-state index contributed by atoms with van der Waals surface area (Å²) < 4.78 is 38.7. The average molecular weight is 487 g/mol. The lowest BCUT2D eigenvalue weighted by atomic mass is 10.1. The highest BCUT2D eigenvalue weighted by atomic mass is 32.2. The second kappa shape index (κ2) is 10.7. The zero-order valence-corrected chi connectivity index (χ0v) is 20.1. The van der Waals surface area contributed by atoms with Gasteiger partial charge in [-0.25, -0.2) is 8.42 Å². The molecule has 9 nitrogen and oxygen atoms in total. The van der Waals surface area contributed by atoms with Crippen molar-refractivity contribution in [3.8, 4) is 5.75 Å². The number of nitrogens with one attached hydrogen (secondary N) is 1. The molecule has 2 heterocycles. The molecule has 31 heavy (non-hydrogen) atoms. The molecule has 1 amide bonds. The zero-order valence-electron chi connectivity index (χ0n) is 17.7. The van der Waals surface area contributed by atoms with Gasteiger partial charge >= 0.3 is 0 Å². The van der Waals surface area contributed by atoms with E-state index in [0.717, 1.165) is 4.34 Å². The van der Waals surface area contributed by atoms with Gasteiger partial charge in [0.2, 0.25) is 21.1 Å². The largest absolute Gasteiger partial charge is 0.496 e. The molecule has 1 aromatic heterocycles. The van der Waals surface area contributed by atoms with Gasteiger partial charge in [-0.2, -0.15) is 4.31 Å². The van der Waals surface area contributed by atoms with Crippen LogP contribution in [0.5, 0.6) is 5.75 Å². The summed E-state index contributed by atoms with van der Waals surface area (Å²) in [4.78, 5) is 12.6. The van der Waals surface area contributed by atoms with Gasteiger partial charge in [0.05, 0.1) is 25.2 Å². The number of nitrogens with zero attached hydrogens (tertiary/aromatic N) is 3. The Morgan fingerprint density at radius 1 is 1.32 bits per heavy atom. The van der Waals surface area contributed by atoms with E-state index in [2.05, 4.69) is 29.4 Å². The monoisotopic (exact) mass is 486 g/mol.